The van der Waals surface area contributed by atoms with E-state index in [1.165, 1.54) is 5.56 Å². The van der Waals surface area contributed by atoms with Crippen molar-refractivity contribution in [3.63, 3.8) is 0 Å². The number of ketones is 1. The second-order valence-corrected chi connectivity index (χ2v) is 6.24. The number of ether oxygens (including phenoxy) is 1. The minimum atomic E-state index is -0.398. The Labute approximate surface area is 147 Å². The molecule has 1 atom stereocenters. The predicted octanol–water partition coefficient (Wildman–Crippen LogP) is 5.40. The van der Waals surface area contributed by atoms with E-state index in [2.05, 4.69) is 6.92 Å². The third-order valence-electron chi connectivity index (χ3n) is 4.42. The van der Waals surface area contributed by atoms with Crippen LogP contribution >= 0.6 is 0 Å². The Hall–Kier alpha value is -3.13. The molecule has 25 heavy (non-hydrogen) atoms. The van der Waals surface area contributed by atoms with Crippen molar-refractivity contribution in [2.24, 2.45) is 0 Å². The lowest BCUT2D eigenvalue weighted by molar-refractivity contribution is 0.0963. The molecule has 1 aliphatic rings. The van der Waals surface area contributed by atoms with Crippen LogP contribution in [0.15, 0.2) is 84.4 Å². The number of hydrogen-bond acceptors (Lipinski definition) is 2. The summed E-state index contributed by atoms with van der Waals surface area (Å²) < 4.78 is 6.21. The van der Waals surface area contributed by atoms with Gasteiger partial charge in [-0.15, -0.1) is 0 Å². The summed E-state index contributed by atoms with van der Waals surface area (Å²) in [6, 6.07) is 25.5. The molecule has 0 amide bonds. The third kappa shape index (κ3) is 2.99. The van der Waals surface area contributed by atoms with Crippen LogP contribution in [0.4, 0.5) is 0 Å². The summed E-state index contributed by atoms with van der Waals surface area (Å²) >= 11 is 0. The van der Waals surface area contributed by atoms with Gasteiger partial charge in [-0.25, -0.2) is 0 Å². The number of carbonyl (C=O) groups is 1. The fourth-order valence-corrected chi connectivity index (χ4v) is 3.08. The third-order valence-corrected chi connectivity index (χ3v) is 4.42. The van der Waals surface area contributed by atoms with Crippen LogP contribution < -0.4 is 4.74 Å². The molecule has 0 radical (unpaired) electrons. The van der Waals surface area contributed by atoms with E-state index < -0.39 is 6.10 Å². The first-order valence-corrected chi connectivity index (χ1v) is 8.36. The van der Waals surface area contributed by atoms with Gasteiger partial charge in [-0.05, 0) is 36.3 Å². The van der Waals surface area contributed by atoms with Crippen molar-refractivity contribution in [1.29, 1.82) is 0 Å². The molecule has 0 unspecified atom stereocenters. The van der Waals surface area contributed by atoms with Crippen LogP contribution in [0.1, 0.15) is 33.2 Å². The van der Waals surface area contributed by atoms with Gasteiger partial charge >= 0.3 is 0 Å². The van der Waals surface area contributed by atoms with Crippen molar-refractivity contribution < 1.29 is 9.53 Å². The summed E-state index contributed by atoms with van der Waals surface area (Å²) in [5.41, 5.74) is 4.45. The molecule has 0 saturated heterocycles. The maximum atomic E-state index is 13.1. The van der Waals surface area contributed by atoms with E-state index in [4.69, 9.17) is 4.74 Å². The molecule has 0 aliphatic carbocycles. The lowest BCUT2D eigenvalue weighted by atomic mass is 9.89. The van der Waals surface area contributed by atoms with Crippen molar-refractivity contribution in [3.05, 3.63) is 107 Å². The summed E-state index contributed by atoms with van der Waals surface area (Å²) in [5.74, 6) is 0.665. The number of aryl methyl sites for hydroxylation is 1. The molecule has 1 heterocycles. The topological polar surface area (TPSA) is 26.3 Å². The van der Waals surface area contributed by atoms with Gasteiger partial charge in [0.25, 0.3) is 0 Å². The van der Waals surface area contributed by atoms with E-state index in [0.29, 0.717) is 16.9 Å². The summed E-state index contributed by atoms with van der Waals surface area (Å²) in [4.78, 5) is 13.1. The van der Waals surface area contributed by atoms with Crippen LogP contribution in [-0.2, 0) is 0 Å². The molecule has 3 aromatic rings. The molecule has 0 aromatic heterocycles. The second kappa shape index (κ2) is 6.40. The standard InChI is InChI=1S/C23H18O2/c1-16-11-13-17(14-12-16)15-20-22(24)19-9-5-6-10-21(19)25-23(20)18-7-3-2-4-8-18/h2-15,23H,1H3/b20-15+/t23-/m0/s1. The van der Waals surface area contributed by atoms with Gasteiger partial charge in [-0.1, -0.05) is 72.3 Å². The fraction of sp³-hybridized carbons (Fsp3) is 0.0870. The van der Waals surface area contributed by atoms with Crippen LogP contribution in [0.5, 0.6) is 5.75 Å². The Bertz CT molecular complexity index is 937. The first-order valence-electron chi connectivity index (χ1n) is 8.36. The average Bonchev–Trinajstić information content (AvgIpc) is 2.66. The van der Waals surface area contributed by atoms with Gasteiger partial charge in [-0.2, -0.15) is 0 Å². The maximum absolute atomic E-state index is 13.1. The molecular formula is C23H18O2. The zero-order chi connectivity index (χ0) is 17.2. The van der Waals surface area contributed by atoms with Crippen molar-refractivity contribution in [3.8, 4) is 5.75 Å². The summed E-state index contributed by atoms with van der Waals surface area (Å²) in [5, 5.41) is 0. The van der Waals surface area contributed by atoms with Crippen molar-refractivity contribution in [1.82, 2.24) is 0 Å². The molecule has 0 saturated carbocycles. The van der Waals surface area contributed by atoms with Crippen LogP contribution in [0.3, 0.4) is 0 Å². The fourth-order valence-electron chi connectivity index (χ4n) is 3.08. The van der Waals surface area contributed by atoms with Gasteiger partial charge in [0, 0.05) is 5.57 Å². The molecule has 2 nitrogen and oxygen atoms in total. The van der Waals surface area contributed by atoms with Gasteiger partial charge in [0.05, 0.1) is 5.56 Å². The van der Waals surface area contributed by atoms with Gasteiger partial charge < -0.3 is 4.74 Å². The number of fused-ring (bicyclic) bond motifs is 1. The monoisotopic (exact) mass is 326 g/mol. The number of carbonyl (C=O) groups excluding carboxylic acids is 1. The number of rotatable bonds is 2. The van der Waals surface area contributed by atoms with Gasteiger partial charge in [0.15, 0.2) is 11.9 Å². The normalized spacial score (nSPS) is 17.9. The zero-order valence-electron chi connectivity index (χ0n) is 14.0. The number of para-hydroxylation sites is 1. The Morgan fingerprint density at radius 2 is 1.52 bits per heavy atom. The highest BCUT2D eigenvalue weighted by Gasteiger charge is 2.32. The summed E-state index contributed by atoms with van der Waals surface area (Å²) in [6.45, 7) is 2.05. The van der Waals surface area contributed by atoms with Gasteiger partial charge in [0.2, 0.25) is 0 Å². The highest BCUT2D eigenvalue weighted by atomic mass is 16.5. The van der Waals surface area contributed by atoms with E-state index >= 15 is 0 Å². The Morgan fingerprint density at radius 1 is 0.840 bits per heavy atom. The Kier molecular flexibility index (Phi) is 3.95. The summed E-state index contributed by atoms with van der Waals surface area (Å²) in [6.07, 6.45) is 1.54. The number of Topliss-reactive ketones (excluding diaryl/α,β-unsaturated/α-hetero) is 1. The Morgan fingerprint density at radius 3 is 2.28 bits per heavy atom. The van der Waals surface area contributed by atoms with Crippen LogP contribution in [0.25, 0.3) is 6.08 Å². The molecule has 1 aliphatic heterocycles. The van der Waals surface area contributed by atoms with Crippen molar-refractivity contribution in [2.75, 3.05) is 0 Å². The molecule has 0 bridgehead atoms. The molecule has 122 valence electrons. The zero-order valence-corrected chi connectivity index (χ0v) is 14.0. The quantitative estimate of drug-likeness (QED) is 0.590. The van der Waals surface area contributed by atoms with E-state index in [9.17, 15) is 4.79 Å². The molecule has 3 aromatic carbocycles. The average molecular weight is 326 g/mol. The first kappa shape index (κ1) is 15.4. The lowest BCUT2D eigenvalue weighted by Crippen LogP contribution is -2.23. The molecule has 0 N–H and O–H groups in total. The first-order chi connectivity index (χ1) is 12.2. The predicted molar refractivity (Wildman–Crippen MR) is 99.7 cm³/mol. The maximum Gasteiger partial charge on any atom is 0.196 e. The highest BCUT2D eigenvalue weighted by molar-refractivity contribution is 6.14. The summed E-state index contributed by atoms with van der Waals surface area (Å²) in [7, 11) is 0. The van der Waals surface area contributed by atoms with E-state index in [1.54, 1.807) is 0 Å². The van der Waals surface area contributed by atoms with E-state index in [0.717, 1.165) is 11.1 Å². The van der Waals surface area contributed by atoms with Crippen molar-refractivity contribution in [2.45, 2.75) is 13.0 Å². The van der Waals surface area contributed by atoms with Crippen LogP contribution in [0, 0.1) is 6.92 Å². The van der Waals surface area contributed by atoms with E-state index in [1.807, 2.05) is 84.9 Å². The molecule has 0 fully saturated rings. The SMILES string of the molecule is Cc1ccc(/C=C2\C(=O)c3ccccc3O[C@H]2c2ccccc2)cc1. The van der Waals surface area contributed by atoms with Gasteiger partial charge in [0.1, 0.15) is 5.75 Å². The van der Waals surface area contributed by atoms with E-state index in [-0.39, 0.29) is 5.78 Å². The minimum absolute atomic E-state index is 0.0243. The number of benzene rings is 3. The molecule has 2 heteroatoms. The highest BCUT2D eigenvalue weighted by Crippen LogP contribution is 2.39. The smallest absolute Gasteiger partial charge is 0.196 e. The largest absolute Gasteiger partial charge is 0.480 e. The molecule has 4 rings (SSSR count). The Balaban J connectivity index is 1.85. The van der Waals surface area contributed by atoms with Crippen molar-refractivity contribution >= 4 is 11.9 Å². The second-order valence-electron chi connectivity index (χ2n) is 6.24. The van der Waals surface area contributed by atoms with Crippen LogP contribution in [0.2, 0.25) is 0 Å². The lowest BCUT2D eigenvalue weighted by Gasteiger charge is -2.28. The molecular weight excluding hydrogens is 308 g/mol. The minimum Gasteiger partial charge on any atom is -0.480 e. The van der Waals surface area contributed by atoms with Gasteiger partial charge in [-0.3, -0.25) is 4.79 Å². The van der Waals surface area contributed by atoms with Crippen LogP contribution in [-0.4, -0.2) is 5.78 Å². The number of hydrogen-bond donors (Lipinski definition) is 0. The molecule has 0 spiro atoms.